The summed E-state index contributed by atoms with van der Waals surface area (Å²) in [5.74, 6) is -0.753. The van der Waals surface area contributed by atoms with Crippen LogP contribution in [-0.2, 0) is 0 Å². The summed E-state index contributed by atoms with van der Waals surface area (Å²) in [6.45, 7) is 0. The minimum Gasteiger partial charge on any atom is -0.319 e. The largest absolute Gasteiger partial charge is 0.319 e. The second kappa shape index (κ2) is 5.81. The molecule has 104 valence electrons. The van der Waals surface area contributed by atoms with Gasteiger partial charge >= 0.3 is 0 Å². The Kier molecular flexibility index (Phi) is 3.88. The number of carbonyl (C=O) groups excluding carboxylic acids is 1. The Bertz CT molecular complexity index is 832. The monoisotopic (exact) mass is 391 g/mol. The van der Waals surface area contributed by atoms with Crippen LogP contribution >= 0.6 is 22.6 Å². The molecule has 3 rings (SSSR count). The Hall–Kier alpha value is -1.95. The number of halogens is 2. The van der Waals surface area contributed by atoms with Crippen molar-refractivity contribution in [3.05, 3.63) is 75.6 Å². The van der Waals surface area contributed by atoms with Crippen molar-refractivity contribution in [2.75, 3.05) is 5.32 Å². The Balaban J connectivity index is 1.89. The van der Waals surface area contributed by atoms with Crippen molar-refractivity contribution in [1.82, 2.24) is 0 Å². The zero-order chi connectivity index (χ0) is 14.8. The van der Waals surface area contributed by atoms with Gasteiger partial charge in [-0.1, -0.05) is 30.3 Å². The number of hydrogen-bond donors (Lipinski definition) is 1. The first-order chi connectivity index (χ1) is 10.1. The van der Waals surface area contributed by atoms with E-state index in [0.29, 0.717) is 5.56 Å². The van der Waals surface area contributed by atoms with Gasteiger partial charge in [-0.15, -0.1) is 0 Å². The van der Waals surface area contributed by atoms with Crippen LogP contribution in [0.5, 0.6) is 0 Å². The van der Waals surface area contributed by atoms with Crippen LogP contribution < -0.4 is 5.32 Å². The van der Waals surface area contributed by atoms with E-state index in [1.165, 1.54) is 6.07 Å². The van der Waals surface area contributed by atoms with E-state index in [0.717, 1.165) is 14.3 Å². The van der Waals surface area contributed by atoms with Gasteiger partial charge < -0.3 is 5.32 Å². The van der Waals surface area contributed by atoms with Gasteiger partial charge in [-0.05, 0) is 63.7 Å². The van der Waals surface area contributed by atoms with Gasteiger partial charge in [0.1, 0.15) is 5.82 Å². The number of hydrogen-bond acceptors (Lipinski definition) is 1. The van der Waals surface area contributed by atoms with Crippen molar-refractivity contribution in [2.45, 2.75) is 0 Å². The third-order valence-corrected chi connectivity index (χ3v) is 3.86. The van der Waals surface area contributed by atoms with Gasteiger partial charge in [0.25, 0.3) is 5.91 Å². The van der Waals surface area contributed by atoms with Crippen molar-refractivity contribution < 1.29 is 9.18 Å². The second-order valence-electron chi connectivity index (χ2n) is 4.64. The van der Waals surface area contributed by atoms with Crippen LogP contribution in [-0.4, -0.2) is 5.91 Å². The maximum absolute atomic E-state index is 13.8. The summed E-state index contributed by atoms with van der Waals surface area (Å²) >= 11 is 2.02. The summed E-state index contributed by atoms with van der Waals surface area (Å²) < 4.78 is 14.5. The van der Waals surface area contributed by atoms with Gasteiger partial charge in [0.05, 0.1) is 5.69 Å². The molecule has 1 N–H and O–H groups in total. The Morgan fingerprint density at radius 3 is 2.48 bits per heavy atom. The average Bonchev–Trinajstić information content (AvgIpc) is 2.49. The molecule has 0 bridgehead atoms. The van der Waals surface area contributed by atoms with Crippen LogP contribution in [0, 0.1) is 9.39 Å². The molecule has 0 radical (unpaired) electrons. The molecule has 0 fully saturated rings. The number of anilines is 1. The molecular weight excluding hydrogens is 380 g/mol. The van der Waals surface area contributed by atoms with Crippen molar-refractivity contribution in [3.63, 3.8) is 0 Å². The highest BCUT2D eigenvalue weighted by Crippen LogP contribution is 2.20. The smallest absolute Gasteiger partial charge is 0.255 e. The highest BCUT2D eigenvalue weighted by molar-refractivity contribution is 14.1. The molecule has 21 heavy (non-hydrogen) atoms. The SMILES string of the molecule is O=C(Nc1ccc(I)cc1F)c1ccc2ccccc2c1. The van der Waals surface area contributed by atoms with Crippen LogP contribution in [0.3, 0.4) is 0 Å². The fraction of sp³-hybridized carbons (Fsp3) is 0. The van der Waals surface area contributed by atoms with Crippen LogP contribution in [0.15, 0.2) is 60.7 Å². The quantitative estimate of drug-likeness (QED) is 0.623. The topological polar surface area (TPSA) is 29.1 Å². The van der Waals surface area contributed by atoms with Crippen molar-refractivity contribution in [3.8, 4) is 0 Å². The average molecular weight is 391 g/mol. The molecular formula is C17H11FINO. The number of fused-ring (bicyclic) bond motifs is 1. The summed E-state index contributed by atoms with van der Waals surface area (Å²) in [5, 5.41) is 4.65. The lowest BCUT2D eigenvalue weighted by molar-refractivity contribution is 0.102. The third kappa shape index (κ3) is 3.05. The van der Waals surface area contributed by atoms with E-state index in [1.54, 1.807) is 24.3 Å². The van der Waals surface area contributed by atoms with Crippen LogP contribution in [0.1, 0.15) is 10.4 Å². The summed E-state index contributed by atoms with van der Waals surface area (Å²) in [5.41, 5.74) is 0.695. The molecule has 4 heteroatoms. The zero-order valence-electron chi connectivity index (χ0n) is 10.9. The summed E-state index contributed by atoms with van der Waals surface area (Å²) in [6, 6.07) is 17.9. The predicted molar refractivity (Wildman–Crippen MR) is 91.0 cm³/mol. The van der Waals surface area contributed by atoms with E-state index in [1.807, 2.05) is 52.9 Å². The third-order valence-electron chi connectivity index (χ3n) is 3.19. The first-order valence-corrected chi connectivity index (χ1v) is 7.46. The molecule has 0 saturated carbocycles. The van der Waals surface area contributed by atoms with E-state index in [-0.39, 0.29) is 11.6 Å². The summed E-state index contributed by atoms with van der Waals surface area (Å²) in [4.78, 5) is 12.2. The fourth-order valence-electron chi connectivity index (χ4n) is 2.12. The molecule has 0 aliphatic carbocycles. The van der Waals surface area contributed by atoms with Gasteiger partial charge in [0.15, 0.2) is 0 Å². The molecule has 2 nitrogen and oxygen atoms in total. The Labute approximate surface area is 135 Å². The molecule has 0 atom stereocenters. The fourth-order valence-corrected chi connectivity index (χ4v) is 2.57. The first kappa shape index (κ1) is 14.0. The molecule has 0 aliphatic rings. The van der Waals surface area contributed by atoms with Gasteiger partial charge in [0.2, 0.25) is 0 Å². The molecule has 0 aromatic heterocycles. The van der Waals surface area contributed by atoms with E-state index in [9.17, 15) is 9.18 Å². The van der Waals surface area contributed by atoms with Gasteiger partial charge in [0, 0.05) is 9.13 Å². The maximum Gasteiger partial charge on any atom is 0.255 e. The van der Waals surface area contributed by atoms with Crippen molar-refractivity contribution in [1.29, 1.82) is 0 Å². The standard InChI is InChI=1S/C17H11FINO/c18-15-10-14(19)7-8-16(15)20-17(21)13-6-5-11-3-1-2-4-12(11)9-13/h1-10H,(H,20,21). The second-order valence-corrected chi connectivity index (χ2v) is 5.89. The lowest BCUT2D eigenvalue weighted by atomic mass is 10.1. The molecule has 3 aromatic carbocycles. The number of nitrogens with one attached hydrogen (secondary N) is 1. The van der Waals surface area contributed by atoms with Crippen LogP contribution in [0.25, 0.3) is 10.8 Å². The molecule has 0 aliphatic heterocycles. The first-order valence-electron chi connectivity index (χ1n) is 6.39. The summed E-state index contributed by atoms with van der Waals surface area (Å²) in [6.07, 6.45) is 0. The molecule has 1 amide bonds. The molecule has 0 unspecified atom stereocenters. The van der Waals surface area contributed by atoms with E-state index >= 15 is 0 Å². The minimum atomic E-state index is -0.434. The Morgan fingerprint density at radius 2 is 1.71 bits per heavy atom. The summed E-state index contributed by atoms with van der Waals surface area (Å²) in [7, 11) is 0. The normalized spacial score (nSPS) is 10.6. The lowest BCUT2D eigenvalue weighted by Crippen LogP contribution is -2.13. The Morgan fingerprint density at radius 1 is 0.952 bits per heavy atom. The number of amides is 1. The van der Waals surface area contributed by atoms with E-state index < -0.39 is 5.82 Å². The minimum absolute atomic E-state index is 0.188. The van der Waals surface area contributed by atoms with Gasteiger partial charge in [-0.25, -0.2) is 4.39 Å². The van der Waals surface area contributed by atoms with Crippen molar-refractivity contribution in [2.24, 2.45) is 0 Å². The molecule has 0 spiro atoms. The lowest BCUT2D eigenvalue weighted by Gasteiger charge is -2.07. The predicted octanol–water partition coefficient (Wildman–Crippen LogP) is 4.84. The number of carbonyl (C=O) groups is 1. The van der Waals surface area contributed by atoms with E-state index in [2.05, 4.69) is 5.32 Å². The van der Waals surface area contributed by atoms with Crippen LogP contribution in [0.2, 0.25) is 0 Å². The molecule has 0 saturated heterocycles. The highest BCUT2D eigenvalue weighted by atomic mass is 127. The molecule has 0 heterocycles. The number of benzene rings is 3. The zero-order valence-corrected chi connectivity index (χ0v) is 13.1. The van der Waals surface area contributed by atoms with Gasteiger partial charge in [-0.2, -0.15) is 0 Å². The van der Waals surface area contributed by atoms with Gasteiger partial charge in [-0.3, -0.25) is 4.79 Å². The maximum atomic E-state index is 13.8. The molecule has 3 aromatic rings. The number of rotatable bonds is 2. The van der Waals surface area contributed by atoms with Crippen molar-refractivity contribution >= 4 is 45.0 Å². The van der Waals surface area contributed by atoms with E-state index in [4.69, 9.17) is 0 Å². The van der Waals surface area contributed by atoms with Crippen LogP contribution in [0.4, 0.5) is 10.1 Å². The highest BCUT2D eigenvalue weighted by Gasteiger charge is 2.10.